The predicted molar refractivity (Wildman–Crippen MR) is 104 cm³/mol. The number of carbonyl (C=O) groups is 2. The Balaban J connectivity index is 1.55. The van der Waals surface area contributed by atoms with Crippen molar-refractivity contribution >= 4 is 46.0 Å². The molecule has 0 aliphatic rings. The number of hydrogen-bond donors (Lipinski definition) is 1. The van der Waals surface area contributed by atoms with Crippen molar-refractivity contribution in [3.8, 4) is 0 Å². The number of amides is 1. The molecular formula is C21H16ClNO3. The third kappa shape index (κ3) is 4.71. The van der Waals surface area contributed by atoms with Crippen LogP contribution in [0.3, 0.4) is 0 Å². The third-order valence-corrected chi connectivity index (χ3v) is 3.95. The van der Waals surface area contributed by atoms with E-state index in [-0.39, 0.29) is 6.61 Å². The lowest BCUT2D eigenvalue weighted by Gasteiger charge is -2.05. The quantitative estimate of drug-likeness (QED) is 0.527. The number of nitrogens with one attached hydrogen (secondary N) is 1. The Bertz CT molecular complexity index is 959. The van der Waals surface area contributed by atoms with Crippen LogP contribution in [-0.2, 0) is 14.3 Å². The predicted octanol–water partition coefficient (Wildman–Crippen LogP) is 4.69. The number of rotatable bonds is 5. The fraction of sp³-hybridized carbons (Fsp3) is 0.0476. The van der Waals surface area contributed by atoms with Gasteiger partial charge >= 0.3 is 5.97 Å². The maximum absolute atomic E-state index is 11.8. The molecule has 0 aliphatic carbocycles. The first kappa shape index (κ1) is 17.7. The highest BCUT2D eigenvalue weighted by atomic mass is 35.5. The molecule has 1 amide bonds. The van der Waals surface area contributed by atoms with Gasteiger partial charge in [0.25, 0.3) is 5.91 Å². The Morgan fingerprint density at radius 1 is 0.962 bits per heavy atom. The summed E-state index contributed by atoms with van der Waals surface area (Å²) < 4.78 is 4.97. The summed E-state index contributed by atoms with van der Waals surface area (Å²) in [6.45, 7) is -0.360. The normalized spacial score (nSPS) is 10.8. The van der Waals surface area contributed by atoms with Crippen LogP contribution in [0, 0.1) is 0 Å². The van der Waals surface area contributed by atoms with E-state index in [1.165, 1.54) is 6.08 Å². The Labute approximate surface area is 156 Å². The largest absolute Gasteiger partial charge is 0.452 e. The minimum Gasteiger partial charge on any atom is -0.452 e. The average molecular weight is 366 g/mol. The van der Waals surface area contributed by atoms with Crippen LogP contribution in [0.4, 0.5) is 5.69 Å². The van der Waals surface area contributed by atoms with Gasteiger partial charge in [0.1, 0.15) is 0 Å². The average Bonchev–Trinajstić information content (AvgIpc) is 2.66. The van der Waals surface area contributed by atoms with Gasteiger partial charge in [-0.25, -0.2) is 4.79 Å². The van der Waals surface area contributed by atoms with Crippen molar-refractivity contribution in [2.24, 2.45) is 0 Å². The van der Waals surface area contributed by atoms with Gasteiger partial charge in [0, 0.05) is 16.8 Å². The minimum absolute atomic E-state index is 0.360. The molecule has 3 aromatic carbocycles. The molecule has 0 aromatic heterocycles. The number of hydrogen-bond acceptors (Lipinski definition) is 3. The molecule has 0 bridgehead atoms. The van der Waals surface area contributed by atoms with Gasteiger partial charge in [0.05, 0.1) is 0 Å². The number of halogens is 1. The molecule has 0 fully saturated rings. The number of benzene rings is 3. The third-order valence-electron chi connectivity index (χ3n) is 3.70. The fourth-order valence-electron chi connectivity index (χ4n) is 2.47. The van der Waals surface area contributed by atoms with Crippen molar-refractivity contribution in [3.05, 3.63) is 83.4 Å². The molecule has 26 heavy (non-hydrogen) atoms. The van der Waals surface area contributed by atoms with Gasteiger partial charge in [-0.05, 0) is 46.7 Å². The standard InChI is InChI=1S/C21H16ClNO3/c22-17-9-11-18(12-10-17)23-20(24)14-26-21(25)13-8-16-6-3-5-15-4-1-2-7-19(15)16/h1-13H,14H2,(H,23,24). The van der Waals surface area contributed by atoms with Gasteiger partial charge in [-0.2, -0.15) is 0 Å². The lowest BCUT2D eigenvalue weighted by Crippen LogP contribution is -2.20. The molecule has 0 aliphatic heterocycles. The zero-order chi connectivity index (χ0) is 18.4. The lowest BCUT2D eigenvalue weighted by atomic mass is 10.0. The van der Waals surface area contributed by atoms with E-state index < -0.39 is 11.9 Å². The molecule has 0 saturated carbocycles. The molecule has 0 spiro atoms. The first-order chi connectivity index (χ1) is 12.6. The number of esters is 1. The fourth-order valence-corrected chi connectivity index (χ4v) is 2.59. The highest BCUT2D eigenvalue weighted by molar-refractivity contribution is 6.30. The summed E-state index contributed by atoms with van der Waals surface area (Å²) in [4.78, 5) is 23.7. The van der Waals surface area contributed by atoms with Crippen LogP contribution in [0.5, 0.6) is 0 Å². The monoisotopic (exact) mass is 365 g/mol. The van der Waals surface area contributed by atoms with Crippen LogP contribution in [0.2, 0.25) is 5.02 Å². The van der Waals surface area contributed by atoms with Gasteiger partial charge in [0.15, 0.2) is 6.61 Å². The Hall–Kier alpha value is -3.11. The highest BCUT2D eigenvalue weighted by Gasteiger charge is 2.06. The molecule has 0 atom stereocenters. The van der Waals surface area contributed by atoms with E-state index in [1.54, 1.807) is 30.3 Å². The van der Waals surface area contributed by atoms with Crippen molar-refractivity contribution in [1.29, 1.82) is 0 Å². The highest BCUT2D eigenvalue weighted by Crippen LogP contribution is 2.19. The van der Waals surface area contributed by atoms with Gasteiger partial charge in [0.2, 0.25) is 0 Å². The lowest BCUT2D eigenvalue weighted by molar-refractivity contribution is -0.142. The van der Waals surface area contributed by atoms with Gasteiger partial charge in [-0.3, -0.25) is 4.79 Å². The van der Waals surface area contributed by atoms with E-state index >= 15 is 0 Å². The summed E-state index contributed by atoms with van der Waals surface area (Å²) in [5.41, 5.74) is 1.49. The second kappa shape index (κ2) is 8.32. The van der Waals surface area contributed by atoms with Crippen molar-refractivity contribution in [1.82, 2.24) is 0 Å². The van der Waals surface area contributed by atoms with Crippen LogP contribution < -0.4 is 5.32 Å². The van der Waals surface area contributed by atoms with E-state index in [0.29, 0.717) is 10.7 Å². The van der Waals surface area contributed by atoms with E-state index in [2.05, 4.69) is 5.32 Å². The molecule has 4 nitrogen and oxygen atoms in total. The molecule has 3 rings (SSSR count). The number of anilines is 1. The Morgan fingerprint density at radius 3 is 2.50 bits per heavy atom. The number of carbonyl (C=O) groups excluding carboxylic acids is 2. The van der Waals surface area contributed by atoms with Crippen molar-refractivity contribution in [2.45, 2.75) is 0 Å². The number of fused-ring (bicyclic) bond motifs is 1. The molecule has 0 radical (unpaired) electrons. The zero-order valence-electron chi connectivity index (χ0n) is 13.8. The SMILES string of the molecule is O=C(COC(=O)C=Cc1cccc2ccccc12)Nc1ccc(Cl)cc1. The van der Waals surface area contributed by atoms with Crippen LogP contribution in [0.15, 0.2) is 72.8 Å². The summed E-state index contributed by atoms with van der Waals surface area (Å²) in [6.07, 6.45) is 3.00. The molecule has 5 heteroatoms. The van der Waals surface area contributed by atoms with Crippen molar-refractivity contribution in [3.63, 3.8) is 0 Å². The summed E-state index contributed by atoms with van der Waals surface area (Å²) >= 11 is 5.78. The number of ether oxygens (including phenoxy) is 1. The van der Waals surface area contributed by atoms with Gasteiger partial charge in [-0.1, -0.05) is 54.1 Å². The zero-order valence-corrected chi connectivity index (χ0v) is 14.6. The molecule has 0 unspecified atom stereocenters. The minimum atomic E-state index is -0.579. The summed E-state index contributed by atoms with van der Waals surface area (Å²) in [6, 6.07) is 20.4. The molecular weight excluding hydrogens is 350 g/mol. The van der Waals surface area contributed by atoms with E-state index in [1.807, 2.05) is 42.5 Å². The van der Waals surface area contributed by atoms with Crippen LogP contribution >= 0.6 is 11.6 Å². The van der Waals surface area contributed by atoms with Gasteiger partial charge in [-0.15, -0.1) is 0 Å². The van der Waals surface area contributed by atoms with E-state index in [9.17, 15) is 9.59 Å². The van der Waals surface area contributed by atoms with Crippen molar-refractivity contribution < 1.29 is 14.3 Å². The first-order valence-corrected chi connectivity index (χ1v) is 8.37. The molecule has 0 saturated heterocycles. The van der Waals surface area contributed by atoms with Crippen LogP contribution in [-0.4, -0.2) is 18.5 Å². The van der Waals surface area contributed by atoms with Crippen LogP contribution in [0.1, 0.15) is 5.56 Å². The Morgan fingerprint density at radius 2 is 1.69 bits per heavy atom. The van der Waals surface area contributed by atoms with E-state index in [0.717, 1.165) is 16.3 Å². The Kier molecular flexibility index (Phi) is 5.66. The maximum atomic E-state index is 11.8. The molecule has 1 N–H and O–H groups in total. The molecule has 0 heterocycles. The summed E-state index contributed by atoms with van der Waals surface area (Å²) in [5, 5.41) is 5.33. The topological polar surface area (TPSA) is 55.4 Å². The second-order valence-electron chi connectivity index (χ2n) is 5.56. The van der Waals surface area contributed by atoms with Crippen LogP contribution in [0.25, 0.3) is 16.8 Å². The molecule has 130 valence electrons. The van der Waals surface area contributed by atoms with Gasteiger partial charge < -0.3 is 10.1 Å². The smallest absolute Gasteiger partial charge is 0.331 e. The maximum Gasteiger partial charge on any atom is 0.331 e. The molecule has 3 aromatic rings. The van der Waals surface area contributed by atoms with Crippen molar-refractivity contribution in [2.75, 3.05) is 11.9 Å². The summed E-state index contributed by atoms with van der Waals surface area (Å²) in [5.74, 6) is -0.997. The first-order valence-electron chi connectivity index (χ1n) is 8.00. The second-order valence-corrected chi connectivity index (χ2v) is 6.00. The van der Waals surface area contributed by atoms with E-state index in [4.69, 9.17) is 16.3 Å². The summed E-state index contributed by atoms with van der Waals surface area (Å²) in [7, 11) is 0.